The fourth-order valence-corrected chi connectivity index (χ4v) is 2.57. The molecule has 110 valence electrons. The van der Waals surface area contributed by atoms with Gasteiger partial charge in [0.1, 0.15) is 0 Å². The topological polar surface area (TPSA) is 83.9 Å². The molecule has 0 bridgehead atoms. The monoisotopic (exact) mass is 287 g/mol. The lowest BCUT2D eigenvalue weighted by Gasteiger charge is -2.27. The molecule has 0 unspecified atom stereocenters. The number of carbonyl (C=O) groups excluding carboxylic acids is 1. The fourth-order valence-electron chi connectivity index (χ4n) is 2.57. The van der Waals surface area contributed by atoms with E-state index in [1.165, 1.54) is 6.33 Å². The summed E-state index contributed by atoms with van der Waals surface area (Å²) in [7, 11) is 0. The molecule has 3 heterocycles. The first kappa shape index (κ1) is 13.5. The number of aromatic nitrogens is 4. The van der Waals surface area contributed by atoms with Crippen LogP contribution < -0.4 is 5.56 Å². The minimum absolute atomic E-state index is 0.0905. The molecule has 2 aromatic heterocycles. The number of imidazole rings is 1. The number of fused-ring (bicyclic) bond motifs is 1. The van der Waals surface area contributed by atoms with Gasteiger partial charge < -0.3 is 14.5 Å². The Morgan fingerprint density at radius 3 is 3.14 bits per heavy atom. The first-order valence-electron chi connectivity index (χ1n) is 7.03. The van der Waals surface area contributed by atoms with Crippen molar-refractivity contribution in [3.63, 3.8) is 0 Å². The van der Waals surface area contributed by atoms with Crippen molar-refractivity contribution in [2.75, 3.05) is 6.54 Å². The van der Waals surface area contributed by atoms with Crippen LogP contribution in [0.3, 0.4) is 0 Å². The van der Waals surface area contributed by atoms with E-state index in [-0.39, 0.29) is 11.5 Å². The maximum Gasteiger partial charge on any atom is 0.254 e. The number of aryl methyl sites for hydroxylation is 1. The molecule has 1 N–H and O–H groups in total. The molecule has 0 aliphatic carbocycles. The van der Waals surface area contributed by atoms with Crippen molar-refractivity contribution in [2.24, 2.45) is 0 Å². The zero-order valence-electron chi connectivity index (χ0n) is 11.7. The predicted octanol–water partition coefficient (Wildman–Crippen LogP) is 0.331. The molecule has 0 fully saturated rings. The van der Waals surface area contributed by atoms with Crippen molar-refractivity contribution < 1.29 is 4.79 Å². The van der Waals surface area contributed by atoms with Crippen LogP contribution in [0.1, 0.15) is 24.1 Å². The first-order valence-corrected chi connectivity index (χ1v) is 7.03. The SMILES string of the molecule is O=C(CCCn1ccnc1)N1CCc2c(nc[nH]c2=O)C1. The standard InChI is InChI=1S/C14H17N5O2/c20-13(2-1-5-18-7-4-15-10-18)19-6-3-11-12(8-19)16-9-17-14(11)21/h4,7,9-10H,1-3,5-6,8H2,(H,16,17,21). The molecule has 1 aliphatic heterocycles. The van der Waals surface area contributed by atoms with E-state index in [4.69, 9.17) is 0 Å². The first-order chi connectivity index (χ1) is 10.2. The quantitative estimate of drug-likeness (QED) is 0.878. The zero-order valence-corrected chi connectivity index (χ0v) is 11.7. The average molecular weight is 287 g/mol. The molecule has 3 rings (SSSR count). The van der Waals surface area contributed by atoms with Crippen molar-refractivity contribution in [1.29, 1.82) is 0 Å². The van der Waals surface area contributed by atoms with Crippen molar-refractivity contribution in [3.8, 4) is 0 Å². The summed E-state index contributed by atoms with van der Waals surface area (Å²) in [6.07, 6.45) is 8.61. The van der Waals surface area contributed by atoms with Crippen LogP contribution in [0.5, 0.6) is 0 Å². The Bertz CT molecular complexity index is 677. The Morgan fingerprint density at radius 2 is 2.33 bits per heavy atom. The Kier molecular flexibility index (Phi) is 3.81. The highest BCUT2D eigenvalue weighted by Gasteiger charge is 2.22. The van der Waals surface area contributed by atoms with Gasteiger partial charge >= 0.3 is 0 Å². The molecule has 0 aromatic carbocycles. The second-order valence-electron chi connectivity index (χ2n) is 5.13. The molecule has 7 heteroatoms. The van der Waals surface area contributed by atoms with E-state index in [9.17, 15) is 9.59 Å². The van der Waals surface area contributed by atoms with E-state index in [0.717, 1.165) is 13.0 Å². The maximum atomic E-state index is 12.2. The van der Waals surface area contributed by atoms with Gasteiger partial charge in [-0.05, 0) is 12.8 Å². The van der Waals surface area contributed by atoms with Crippen LogP contribution in [-0.2, 0) is 24.3 Å². The highest BCUT2D eigenvalue weighted by molar-refractivity contribution is 5.76. The Balaban J connectivity index is 1.56. The number of amides is 1. The summed E-state index contributed by atoms with van der Waals surface area (Å²) in [4.78, 5) is 36.3. The van der Waals surface area contributed by atoms with E-state index < -0.39 is 0 Å². The number of hydrogen-bond donors (Lipinski definition) is 1. The van der Waals surface area contributed by atoms with Crippen LogP contribution in [0.15, 0.2) is 29.8 Å². The third kappa shape index (κ3) is 3.01. The van der Waals surface area contributed by atoms with Gasteiger partial charge in [0.2, 0.25) is 5.91 Å². The van der Waals surface area contributed by atoms with Gasteiger partial charge in [0.15, 0.2) is 0 Å². The van der Waals surface area contributed by atoms with Crippen LogP contribution in [0.4, 0.5) is 0 Å². The molecular weight excluding hydrogens is 270 g/mol. The predicted molar refractivity (Wildman–Crippen MR) is 75.4 cm³/mol. The van der Waals surface area contributed by atoms with E-state index in [0.29, 0.717) is 37.2 Å². The van der Waals surface area contributed by atoms with E-state index in [1.807, 2.05) is 10.8 Å². The van der Waals surface area contributed by atoms with E-state index in [1.54, 1.807) is 17.4 Å². The smallest absolute Gasteiger partial charge is 0.254 e. The largest absolute Gasteiger partial charge is 0.337 e. The van der Waals surface area contributed by atoms with Gasteiger partial charge in [-0.1, -0.05) is 0 Å². The van der Waals surface area contributed by atoms with Crippen LogP contribution >= 0.6 is 0 Å². The Hall–Kier alpha value is -2.44. The highest BCUT2D eigenvalue weighted by Crippen LogP contribution is 2.14. The number of rotatable bonds is 4. The molecule has 1 amide bonds. The lowest BCUT2D eigenvalue weighted by molar-refractivity contribution is -0.132. The molecule has 21 heavy (non-hydrogen) atoms. The van der Waals surface area contributed by atoms with Crippen LogP contribution in [0.2, 0.25) is 0 Å². The van der Waals surface area contributed by atoms with Crippen LogP contribution in [0, 0.1) is 0 Å². The number of aromatic amines is 1. The lowest BCUT2D eigenvalue weighted by Crippen LogP contribution is -2.38. The summed E-state index contributed by atoms with van der Waals surface area (Å²) in [5, 5.41) is 0. The summed E-state index contributed by atoms with van der Waals surface area (Å²) in [6, 6.07) is 0. The minimum Gasteiger partial charge on any atom is -0.337 e. The third-order valence-corrected chi connectivity index (χ3v) is 3.73. The average Bonchev–Trinajstić information content (AvgIpc) is 3.00. The number of nitrogens with zero attached hydrogens (tertiary/aromatic N) is 4. The van der Waals surface area contributed by atoms with Crippen LogP contribution in [-0.4, -0.2) is 36.9 Å². The molecule has 0 atom stereocenters. The van der Waals surface area contributed by atoms with Crippen molar-refractivity contribution in [1.82, 2.24) is 24.4 Å². The third-order valence-electron chi connectivity index (χ3n) is 3.73. The number of nitrogens with one attached hydrogen (secondary N) is 1. The van der Waals surface area contributed by atoms with Gasteiger partial charge in [-0.15, -0.1) is 0 Å². The normalized spacial score (nSPS) is 14.0. The van der Waals surface area contributed by atoms with Gasteiger partial charge in [-0.2, -0.15) is 0 Å². The number of H-pyrrole nitrogens is 1. The number of carbonyl (C=O) groups is 1. The van der Waals surface area contributed by atoms with Crippen molar-refractivity contribution >= 4 is 5.91 Å². The van der Waals surface area contributed by atoms with Crippen LogP contribution in [0.25, 0.3) is 0 Å². The molecule has 0 saturated heterocycles. The van der Waals surface area contributed by atoms with Gasteiger partial charge in [0.25, 0.3) is 5.56 Å². The second kappa shape index (κ2) is 5.90. The fraction of sp³-hybridized carbons (Fsp3) is 0.429. The summed E-state index contributed by atoms with van der Waals surface area (Å²) in [5.74, 6) is 0.114. The second-order valence-corrected chi connectivity index (χ2v) is 5.13. The molecule has 0 radical (unpaired) electrons. The summed E-state index contributed by atoms with van der Waals surface area (Å²) < 4.78 is 1.96. The molecular formula is C14H17N5O2. The minimum atomic E-state index is -0.0905. The zero-order chi connectivity index (χ0) is 14.7. The molecule has 7 nitrogen and oxygen atoms in total. The van der Waals surface area contributed by atoms with Crippen molar-refractivity contribution in [3.05, 3.63) is 46.7 Å². The molecule has 1 aliphatic rings. The highest BCUT2D eigenvalue weighted by atomic mass is 16.2. The van der Waals surface area contributed by atoms with E-state index >= 15 is 0 Å². The summed E-state index contributed by atoms with van der Waals surface area (Å²) in [5.41, 5.74) is 1.33. The van der Waals surface area contributed by atoms with Crippen molar-refractivity contribution in [2.45, 2.75) is 32.4 Å². The van der Waals surface area contributed by atoms with E-state index in [2.05, 4.69) is 15.0 Å². The Labute approximate surface area is 121 Å². The van der Waals surface area contributed by atoms with Gasteiger partial charge in [0, 0.05) is 37.5 Å². The molecule has 2 aromatic rings. The van der Waals surface area contributed by atoms with Gasteiger partial charge in [-0.25, -0.2) is 9.97 Å². The van der Waals surface area contributed by atoms with Gasteiger partial charge in [0.05, 0.1) is 24.9 Å². The Morgan fingerprint density at radius 1 is 1.43 bits per heavy atom. The summed E-state index contributed by atoms with van der Waals surface area (Å²) in [6.45, 7) is 1.81. The summed E-state index contributed by atoms with van der Waals surface area (Å²) >= 11 is 0. The van der Waals surface area contributed by atoms with Gasteiger partial charge in [-0.3, -0.25) is 9.59 Å². The molecule has 0 spiro atoms. The lowest BCUT2D eigenvalue weighted by atomic mass is 10.1. The molecule has 0 saturated carbocycles. The number of hydrogen-bond acceptors (Lipinski definition) is 4. The maximum absolute atomic E-state index is 12.2.